The summed E-state index contributed by atoms with van der Waals surface area (Å²) in [5, 5.41) is 21.8. The molecule has 0 unspecified atom stereocenters. The molecule has 1 aromatic heterocycles. The van der Waals surface area contributed by atoms with Crippen molar-refractivity contribution in [3.63, 3.8) is 0 Å². The lowest BCUT2D eigenvalue weighted by Gasteiger charge is -2.08. The van der Waals surface area contributed by atoms with Gasteiger partial charge in [0.1, 0.15) is 12.1 Å². The van der Waals surface area contributed by atoms with Crippen molar-refractivity contribution in [2.24, 2.45) is 0 Å². The third-order valence-electron chi connectivity index (χ3n) is 3.26. The topological polar surface area (TPSA) is 95.3 Å². The van der Waals surface area contributed by atoms with Gasteiger partial charge >= 0.3 is 5.97 Å². The summed E-state index contributed by atoms with van der Waals surface area (Å²) >= 11 is 0. The van der Waals surface area contributed by atoms with Crippen molar-refractivity contribution in [3.8, 4) is 0 Å². The number of carboxylic acids is 1. The molecule has 0 bridgehead atoms. The molecule has 112 valence electrons. The molecule has 6 nitrogen and oxygen atoms in total. The number of aromatic nitrogens is 2. The zero-order valence-electron chi connectivity index (χ0n) is 11.7. The van der Waals surface area contributed by atoms with Gasteiger partial charge in [0.15, 0.2) is 0 Å². The monoisotopic (exact) mass is 289 g/mol. The van der Waals surface area contributed by atoms with Gasteiger partial charge in [-0.15, -0.1) is 0 Å². The maximum atomic E-state index is 10.9. The normalized spacial score (nSPS) is 10.7. The smallest absolute Gasteiger partial charge is 0.335 e. The maximum Gasteiger partial charge on any atom is 0.335 e. The number of nitrogens with zero attached hydrogens (tertiary/aromatic N) is 2. The SMILES string of the molecule is O=C(O)c1ccc2c(NCCCCCCO)ncnc2c1. The number of benzene rings is 1. The van der Waals surface area contributed by atoms with Crippen molar-refractivity contribution in [3.05, 3.63) is 30.1 Å². The largest absolute Gasteiger partial charge is 0.478 e. The Morgan fingerprint density at radius 2 is 1.95 bits per heavy atom. The van der Waals surface area contributed by atoms with Crippen molar-refractivity contribution in [2.45, 2.75) is 25.7 Å². The lowest BCUT2D eigenvalue weighted by atomic mass is 10.1. The minimum absolute atomic E-state index is 0.219. The lowest BCUT2D eigenvalue weighted by molar-refractivity contribution is 0.0697. The van der Waals surface area contributed by atoms with E-state index in [2.05, 4.69) is 15.3 Å². The molecule has 6 heteroatoms. The summed E-state index contributed by atoms with van der Waals surface area (Å²) in [5.41, 5.74) is 0.837. The summed E-state index contributed by atoms with van der Waals surface area (Å²) in [6.45, 7) is 1.04. The van der Waals surface area contributed by atoms with Crippen LogP contribution in [-0.4, -0.2) is 39.3 Å². The first-order chi connectivity index (χ1) is 10.2. The highest BCUT2D eigenvalue weighted by Gasteiger charge is 2.07. The molecule has 0 radical (unpaired) electrons. The molecule has 0 aliphatic heterocycles. The second-order valence-corrected chi connectivity index (χ2v) is 4.82. The number of unbranched alkanes of at least 4 members (excludes halogenated alkanes) is 3. The molecule has 0 saturated heterocycles. The van der Waals surface area contributed by atoms with Crippen LogP contribution in [0.15, 0.2) is 24.5 Å². The number of hydrogen-bond donors (Lipinski definition) is 3. The van der Waals surface area contributed by atoms with E-state index in [4.69, 9.17) is 10.2 Å². The Morgan fingerprint density at radius 1 is 1.14 bits per heavy atom. The molecule has 0 aliphatic carbocycles. The fourth-order valence-electron chi connectivity index (χ4n) is 2.13. The molecule has 0 atom stereocenters. The van der Waals surface area contributed by atoms with Gasteiger partial charge in [-0.2, -0.15) is 0 Å². The van der Waals surface area contributed by atoms with Crippen molar-refractivity contribution >= 4 is 22.7 Å². The van der Waals surface area contributed by atoms with Gasteiger partial charge in [-0.3, -0.25) is 0 Å². The highest BCUT2D eigenvalue weighted by molar-refractivity contribution is 5.96. The molecular weight excluding hydrogens is 270 g/mol. The Morgan fingerprint density at radius 3 is 2.71 bits per heavy atom. The number of aliphatic hydroxyl groups is 1. The lowest BCUT2D eigenvalue weighted by Crippen LogP contribution is -2.05. The first-order valence-corrected chi connectivity index (χ1v) is 7.05. The van der Waals surface area contributed by atoms with Crippen LogP contribution in [0, 0.1) is 0 Å². The molecule has 2 aromatic rings. The van der Waals surface area contributed by atoms with Crippen LogP contribution >= 0.6 is 0 Å². The Bertz CT molecular complexity index is 616. The van der Waals surface area contributed by atoms with Gasteiger partial charge in [0.2, 0.25) is 0 Å². The predicted octanol–water partition coefficient (Wildman–Crippen LogP) is 2.29. The molecular formula is C15H19N3O3. The van der Waals surface area contributed by atoms with E-state index in [0.29, 0.717) is 5.52 Å². The average molecular weight is 289 g/mol. The third kappa shape index (κ3) is 4.13. The predicted molar refractivity (Wildman–Crippen MR) is 80.5 cm³/mol. The number of carboxylic acid groups (broad SMARTS) is 1. The average Bonchev–Trinajstić information content (AvgIpc) is 2.50. The third-order valence-corrected chi connectivity index (χ3v) is 3.26. The summed E-state index contributed by atoms with van der Waals surface area (Å²) in [5.74, 6) is -0.243. The molecule has 21 heavy (non-hydrogen) atoms. The van der Waals surface area contributed by atoms with Gasteiger partial charge in [-0.05, 0) is 31.0 Å². The molecule has 3 N–H and O–H groups in total. The van der Waals surface area contributed by atoms with E-state index in [1.54, 1.807) is 18.2 Å². The zero-order valence-corrected chi connectivity index (χ0v) is 11.7. The molecule has 1 aromatic carbocycles. The minimum Gasteiger partial charge on any atom is -0.478 e. The van der Waals surface area contributed by atoms with Gasteiger partial charge in [0.25, 0.3) is 0 Å². The van der Waals surface area contributed by atoms with Gasteiger partial charge in [0, 0.05) is 18.5 Å². The highest BCUT2D eigenvalue weighted by atomic mass is 16.4. The van der Waals surface area contributed by atoms with Crippen molar-refractivity contribution in [2.75, 3.05) is 18.5 Å². The minimum atomic E-state index is -0.964. The highest BCUT2D eigenvalue weighted by Crippen LogP contribution is 2.20. The number of fused-ring (bicyclic) bond motifs is 1. The Hall–Kier alpha value is -2.21. The van der Waals surface area contributed by atoms with E-state index in [1.807, 2.05) is 0 Å². The van der Waals surface area contributed by atoms with Gasteiger partial charge < -0.3 is 15.5 Å². The van der Waals surface area contributed by atoms with Crippen LogP contribution in [0.1, 0.15) is 36.0 Å². The Balaban J connectivity index is 2.01. The zero-order chi connectivity index (χ0) is 15.1. The quantitative estimate of drug-likeness (QED) is 0.645. The standard InChI is InChI=1S/C15H19N3O3/c19-8-4-2-1-3-7-16-14-12-6-5-11(15(20)21)9-13(12)17-10-18-14/h5-6,9-10,19H,1-4,7-8H2,(H,20,21)(H,16,17,18). The van der Waals surface area contributed by atoms with Crippen molar-refractivity contribution < 1.29 is 15.0 Å². The van der Waals surface area contributed by atoms with E-state index < -0.39 is 5.97 Å². The van der Waals surface area contributed by atoms with Crippen molar-refractivity contribution in [1.29, 1.82) is 0 Å². The number of anilines is 1. The maximum absolute atomic E-state index is 10.9. The Kier molecular flexibility index (Phi) is 5.45. The number of hydrogen-bond acceptors (Lipinski definition) is 5. The molecule has 0 spiro atoms. The van der Waals surface area contributed by atoms with E-state index in [9.17, 15) is 4.79 Å². The van der Waals surface area contributed by atoms with Crippen LogP contribution in [0.3, 0.4) is 0 Å². The number of carbonyl (C=O) groups is 1. The number of aliphatic hydroxyl groups excluding tert-OH is 1. The van der Waals surface area contributed by atoms with Crippen LogP contribution < -0.4 is 5.32 Å². The Labute approximate surface area is 122 Å². The summed E-state index contributed by atoms with van der Waals surface area (Å²) in [6.07, 6.45) is 5.35. The first-order valence-electron chi connectivity index (χ1n) is 7.05. The van der Waals surface area contributed by atoms with E-state index in [-0.39, 0.29) is 12.2 Å². The summed E-state index contributed by atoms with van der Waals surface area (Å²) < 4.78 is 0. The molecule has 1 heterocycles. The summed E-state index contributed by atoms with van der Waals surface area (Å²) in [6, 6.07) is 4.83. The number of nitrogens with one attached hydrogen (secondary N) is 1. The van der Waals surface area contributed by atoms with Gasteiger partial charge in [0.05, 0.1) is 11.1 Å². The number of rotatable bonds is 8. The molecule has 0 amide bonds. The van der Waals surface area contributed by atoms with Crippen LogP contribution in [0.4, 0.5) is 5.82 Å². The number of aromatic carboxylic acids is 1. The first kappa shape index (κ1) is 15.2. The molecule has 0 saturated carbocycles. The van der Waals surface area contributed by atoms with E-state index >= 15 is 0 Å². The second kappa shape index (κ2) is 7.54. The van der Waals surface area contributed by atoms with Crippen LogP contribution in [0.2, 0.25) is 0 Å². The van der Waals surface area contributed by atoms with Crippen LogP contribution in [-0.2, 0) is 0 Å². The fourth-order valence-corrected chi connectivity index (χ4v) is 2.13. The second-order valence-electron chi connectivity index (χ2n) is 4.82. The molecule has 0 aliphatic rings. The molecule has 0 fully saturated rings. The van der Waals surface area contributed by atoms with E-state index in [0.717, 1.165) is 43.4 Å². The van der Waals surface area contributed by atoms with Crippen molar-refractivity contribution in [1.82, 2.24) is 9.97 Å². The van der Waals surface area contributed by atoms with Crippen LogP contribution in [0.25, 0.3) is 10.9 Å². The van der Waals surface area contributed by atoms with Gasteiger partial charge in [-0.1, -0.05) is 12.8 Å². The van der Waals surface area contributed by atoms with Crippen LogP contribution in [0.5, 0.6) is 0 Å². The van der Waals surface area contributed by atoms with E-state index in [1.165, 1.54) is 6.33 Å². The fraction of sp³-hybridized carbons (Fsp3) is 0.400. The molecule has 2 rings (SSSR count). The van der Waals surface area contributed by atoms with Gasteiger partial charge in [-0.25, -0.2) is 14.8 Å². The summed E-state index contributed by atoms with van der Waals surface area (Å²) in [7, 11) is 0. The summed E-state index contributed by atoms with van der Waals surface area (Å²) in [4.78, 5) is 19.3.